The van der Waals surface area contributed by atoms with Gasteiger partial charge in [0.2, 0.25) is 0 Å². The number of amides is 1. The summed E-state index contributed by atoms with van der Waals surface area (Å²) in [5.41, 5.74) is 4.85. The van der Waals surface area contributed by atoms with Crippen LogP contribution in [0.15, 0.2) is 53.4 Å². The van der Waals surface area contributed by atoms with E-state index in [4.69, 9.17) is 16.3 Å². The molecule has 0 aromatic heterocycles. The number of aryl methyl sites for hydroxylation is 4. The van der Waals surface area contributed by atoms with Gasteiger partial charge in [0.25, 0.3) is 15.9 Å². The molecule has 0 bridgehead atoms. The topological polar surface area (TPSA) is 113 Å². The van der Waals surface area contributed by atoms with Crippen LogP contribution >= 0.6 is 11.6 Å². The Bertz CT molecular complexity index is 1480. The van der Waals surface area contributed by atoms with E-state index in [9.17, 15) is 23.1 Å². The summed E-state index contributed by atoms with van der Waals surface area (Å²) in [6, 6.07) is 12.7. The van der Waals surface area contributed by atoms with Crippen LogP contribution in [0.3, 0.4) is 0 Å². The van der Waals surface area contributed by atoms with Gasteiger partial charge in [-0.05, 0) is 85.3 Å². The second-order valence-electron chi connectivity index (χ2n) is 9.18. The number of rotatable bonds is 8. The molecule has 0 radical (unpaired) electrons. The Morgan fingerprint density at radius 2 is 1.61 bits per heavy atom. The number of carbonyl (C=O) groups is 2. The van der Waals surface area contributed by atoms with Gasteiger partial charge < -0.3 is 14.7 Å². The Balaban J connectivity index is 1.94. The first-order valence-electron chi connectivity index (χ1n) is 11.8. The molecule has 38 heavy (non-hydrogen) atoms. The lowest BCUT2D eigenvalue weighted by molar-refractivity contribution is -0.146. The average Bonchev–Trinajstić information content (AvgIpc) is 2.85. The van der Waals surface area contributed by atoms with Gasteiger partial charge in [-0.2, -0.15) is 0 Å². The third-order valence-electron chi connectivity index (χ3n) is 6.37. The number of nitrogens with zero attached hydrogens (tertiary/aromatic N) is 1. The first-order chi connectivity index (χ1) is 17.8. The van der Waals surface area contributed by atoms with Gasteiger partial charge >= 0.3 is 5.97 Å². The summed E-state index contributed by atoms with van der Waals surface area (Å²) in [4.78, 5) is 26.5. The molecule has 3 aromatic carbocycles. The molecular formula is C28H31ClN2O6S. The van der Waals surface area contributed by atoms with Crippen LogP contribution in [0.2, 0.25) is 5.02 Å². The van der Waals surface area contributed by atoms with Crippen molar-refractivity contribution in [3.8, 4) is 11.1 Å². The monoisotopic (exact) mass is 558 g/mol. The second-order valence-corrected chi connectivity index (χ2v) is 11.2. The Morgan fingerprint density at radius 3 is 2.18 bits per heavy atom. The molecule has 0 aliphatic carbocycles. The zero-order valence-corrected chi connectivity index (χ0v) is 23.7. The van der Waals surface area contributed by atoms with Crippen LogP contribution in [0, 0.1) is 27.7 Å². The molecule has 0 fully saturated rings. The third-order valence-corrected chi connectivity index (χ3v) is 8.30. The predicted molar refractivity (Wildman–Crippen MR) is 148 cm³/mol. The molecule has 202 valence electrons. The van der Waals surface area contributed by atoms with Crippen molar-refractivity contribution in [2.24, 2.45) is 0 Å². The zero-order chi connectivity index (χ0) is 28.4. The van der Waals surface area contributed by atoms with Gasteiger partial charge in [0.1, 0.15) is 0 Å². The lowest BCUT2D eigenvalue weighted by Crippen LogP contribution is -2.45. The summed E-state index contributed by atoms with van der Waals surface area (Å²) in [7, 11) is -1.23. The number of halogens is 1. The first-order valence-corrected chi connectivity index (χ1v) is 13.6. The molecule has 0 spiro atoms. The van der Waals surface area contributed by atoms with E-state index in [-0.39, 0.29) is 4.90 Å². The maximum absolute atomic E-state index is 13.2. The molecule has 2 N–H and O–H groups in total. The van der Waals surface area contributed by atoms with Crippen molar-refractivity contribution in [2.75, 3.05) is 25.5 Å². The minimum atomic E-state index is -3.86. The largest absolute Gasteiger partial charge is 0.467 e. The van der Waals surface area contributed by atoms with Gasteiger partial charge in [0.05, 0.1) is 18.6 Å². The number of methoxy groups -OCH3 is 1. The molecule has 3 rings (SSSR count). The number of hydrogen-bond acceptors (Lipinski definition) is 6. The summed E-state index contributed by atoms with van der Waals surface area (Å²) in [6.45, 7) is 6.43. The lowest BCUT2D eigenvalue weighted by Gasteiger charge is -2.26. The zero-order valence-electron chi connectivity index (χ0n) is 22.1. The fourth-order valence-corrected chi connectivity index (χ4v) is 5.87. The van der Waals surface area contributed by atoms with Crippen molar-refractivity contribution in [1.82, 2.24) is 4.90 Å². The van der Waals surface area contributed by atoms with Crippen molar-refractivity contribution in [3.63, 3.8) is 0 Å². The molecular weight excluding hydrogens is 528 g/mol. The van der Waals surface area contributed by atoms with Crippen LogP contribution in [-0.2, 0) is 19.6 Å². The molecule has 3 aromatic rings. The van der Waals surface area contributed by atoms with Gasteiger partial charge in [0, 0.05) is 23.3 Å². The summed E-state index contributed by atoms with van der Waals surface area (Å²) in [5.74, 6) is -1.13. The third kappa shape index (κ3) is 6.01. The van der Waals surface area contributed by atoms with Gasteiger partial charge in [-0.1, -0.05) is 35.9 Å². The van der Waals surface area contributed by atoms with Gasteiger partial charge in [0.15, 0.2) is 6.04 Å². The minimum absolute atomic E-state index is 0.150. The van der Waals surface area contributed by atoms with Crippen molar-refractivity contribution in [2.45, 2.75) is 38.6 Å². The number of anilines is 1. The molecule has 1 amide bonds. The van der Waals surface area contributed by atoms with Crippen LogP contribution in [0.4, 0.5) is 5.69 Å². The van der Waals surface area contributed by atoms with Crippen LogP contribution in [0.5, 0.6) is 0 Å². The van der Waals surface area contributed by atoms with E-state index in [1.54, 1.807) is 58.0 Å². The standard InChI is InChI=1S/C28H31ClN2O6S/c1-16-13-25(17(2)12-23(16)29)38(35,36)30-22-9-7-8-20(14-22)21-10-18(3)26(19(4)11-21)27(33)31(5)24(15-32)28(34)37-6/h7-14,24,30,32H,15H2,1-6H3. The molecule has 0 saturated heterocycles. The smallest absolute Gasteiger partial charge is 0.330 e. The van der Waals surface area contributed by atoms with Crippen molar-refractivity contribution in [3.05, 3.63) is 81.4 Å². The molecule has 0 heterocycles. The van der Waals surface area contributed by atoms with E-state index in [1.165, 1.54) is 14.2 Å². The van der Waals surface area contributed by atoms with E-state index in [0.29, 0.717) is 38.5 Å². The van der Waals surface area contributed by atoms with Crippen LogP contribution in [0.25, 0.3) is 11.1 Å². The van der Waals surface area contributed by atoms with Crippen molar-refractivity contribution >= 4 is 39.2 Å². The SMILES string of the molecule is COC(=O)C(CO)N(C)C(=O)c1c(C)cc(-c2cccc(NS(=O)(=O)c3cc(C)c(Cl)cc3C)c2)cc1C. The number of aliphatic hydroxyl groups excluding tert-OH is 1. The number of nitrogens with one attached hydrogen (secondary N) is 1. The molecule has 8 nitrogen and oxygen atoms in total. The van der Waals surface area contributed by atoms with Crippen LogP contribution in [0.1, 0.15) is 32.6 Å². The van der Waals surface area contributed by atoms with E-state index < -0.39 is 34.5 Å². The molecule has 0 aliphatic rings. The van der Waals surface area contributed by atoms with E-state index >= 15 is 0 Å². The van der Waals surface area contributed by atoms with Gasteiger partial charge in [-0.15, -0.1) is 0 Å². The highest BCUT2D eigenvalue weighted by atomic mass is 35.5. The minimum Gasteiger partial charge on any atom is -0.467 e. The molecule has 1 atom stereocenters. The first kappa shape index (κ1) is 29.2. The number of benzene rings is 3. The molecule has 0 saturated carbocycles. The average molecular weight is 559 g/mol. The Kier molecular flexibility index (Phi) is 8.86. The second kappa shape index (κ2) is 11.6. The maximum atomic E-state index is 13.2. The Hall–Kier alpha value is -3.40. The molecule has 10 heteroatoms. The molecule has 0 aliphatic heterocycles. The number of ether oxygens (including phenoxy) is 1. The Morgan fingerprint density at radius 1 is 0.974 bits per heavy atom. The number of likely N-dealkylation sites (N-methyl/N-ethyl adjacent to an activating group) is 1. The lowest BCUT2D eigenvalue weighted by atomic mass is 9.94. The quantitative estimate of drug-likeness (QED) is 0.389. The number of sulfonamides is 1. The maximum Gasteiger partial charge on any atom is 0.330 e. The summed E-state index contributed by atoms with van der Waals surface area (Å²) >= 11 is 6.13. The Labute approximate surface area is 228 Å². The van der Waals surface area contributed by atoms with E-state index in [1.807, 2.05) is 18.2 Å². The van der Waals surface area contributed by atoms with Gasteiger partial charge in [-0.3, -0.25) is 9.52 Å². The fraction of sp³-hybridized carbons (Fsp3) is 0.286. The van der Waals surface area contributed by atoms with Crippen LogP contribution in [-0.4, -0.2) is 57.1 Å². The van der Waals surface area contributed by atoms with Gasteiger partial charge in [-0.25, -0.2) is 13.2 Å². The fourth-order valence-electron chi connectivity index (χ4n) is 4.29. The normalized spacial score (nSPS) is 12.1. The highest BCUT2D eigenvalue weighted by Gasteiger charge is 2.29. The predicted octanol–water partition coefficient (Wildman–Crippen LogP) is 4.65. The number of carbonyl (C=O) groups excluding carboxylic acids is 2. The number of aliphatic hydroxyl groups is 1. The molecule has 1 unspecified atom stereocenters. The van der Waals surface area contributed by atoms with Crippen molar-refractivity contribution < 1.29 is 27.9 Å². The number of esters is 1. The van der Waals surface area contributed by atoms with E-state index in [0.717, 1.165) is 16.0 Å². The van der Waals surface area contributed by atoms with E-state index in [2.05, 4.69) is 4.72 Å². The summed E-state index contributed by atoms with van der Waals surface area (Å²) in [5, 5.41) is 10.1. The summed E-state index contributed by atoms with van der Waals surface area (Å²) in [6.07, 6.45) is 0. The summed E-state index contributed by atoms with van der Waals surface area (Å²) < 4.78 is 33.6. The number of hydrogen-bond donors (Lipinski definition) is 2. The van der Waals surface area contributed by atoms with Crippen LogP contribution < -0.4 is 4.72 Å². The van der Waals surface area contributed by atoms with Crippen molar-refractivity contribution in [1.29, 1.82) is 0 Å². The highest BCUT2D eigenvalue weighted by Crippen LogP contribution is 2.30. The highest BCUT2D eigenvalue weighted by molar-refractivity contribution is 7.92.